The normalized spacial score (nSPS) is 11.6. The van der Waals surface area contributed by atoms with Gasteiger partial charge in [-0.25, -0.2) is 19.9 Å². The molecule has 203 valence electrons. The molecule has 3 aromatic heterocycles. The quantitative estimate of drug-likeness (QED) is 0.181. The summed E-state index contributed by atoms with van der Waals surface area (Å²) in [7, 11) is 4.20. The van der Waals surface area contributed by atoms with Gasteiger partial charge in [-0.1, -0.05) is 97.1 Å². The van der Waals surface area contributed by atoms with Gasteiger partial charge in [0, 0.05) is 44.3 Å². The third-order valence-corrected chi connectivity index (χ3v) is 7.40. The van der Waals surface area contributed by atoms with Crippen LogP contribution < -0.4 is 4.98 Å². The molecule has 1 N–H and O–H groups in total. The number of H-pyrrole nitrogens is 1. The Bertz CT molecular complexity index is 2040. The number of aromatic nitrogens is 8. The van der Waals surface area contributed by atoms with Gasteiger partial charge in [-0.05, 0) is 10.8 Å². The molecule has 10 heteroatoms. The SMILES string of the molecule is [Cl][Cu+].c1ccc2c(c1)-c1nc-2nc2[nH]c(nc3nc(nc4[n-]c(n1)c1ccccc41)-c1ccccc1-3)c1ccccc21. The molecule has 2 aliphatic rings. The molecule has 0 fully saturated rings. The van der Waals surface area contributed by atoms with Crippen molar-refractivity contribution in [3.8, 4) is 45.6 Å². The van der Waals surface area contributed by atoms with Crippen LogP contribution in [-0.2, 0) is 15.1 Å². The molecule has 0 amide bonds. The van der Waals surface area contributed by atoms with Crippen molar-refractivity contribution < 1.29 is 15.1 Å². The summed E-state index contributed by atoms with van der Waals surface area (Å²) in [5.41, 5.74) is 6.11. The van der Waals surface area contributed by atoms with Crippen LogP contribution in [0.15, 0.2) is 97.1 Å². The molecule has 2 aliphatic heterocycles. The van der Waals surface area contributed by atoms with Crippen LogP contribution in [0.3, 0.4) is 0 Å². The Morgan fingerprint density at radius 3 is 1.17 bits per heavy atom. The van der Waals surface area contributed by atoms with Crippen LogP contribution in [0.25, 0.3) is 89.7 Å². The Morgan fingerprint density at radius 2 is 0.762 bits per heavy atom. The third kappa shape index (κ3) is 3.83. The molecule has 7 aromatic rings. The van der Waals surface area contributed by atoms with Gasteiger partial charge in [0.15, 0.2) is 11.6 Å². The minimum Gasteiger partial charge on any atom is -0.357 e. The predicted octanol–water partition coefficient (Wildman–Crippen LogP) is 7.19. The minimum atomic E-state index is 0.560. The molecule has 42 heavy (non-hydrogen) atoms. The predicted molar refractivity (Wildman–Crippen MR) is 161 cm³/mol. The smallest absolute Gasteiger partial charge is 0.163 e. The van der Waals surface area contributed by atoms with Gasteiger partial charge in [0.05, 0.1) is 11.6 Å². The zero-order valence-electron chi connectivity index (χ0n) is 21.5. The summed E-state index contributed by atoms with van der Waals surface area (Å²) in [6.45, 7) is 0. The first-order chi connectivity index (χ1) is 20.8. The minimum absolute atomic E-state index is 0.560. The molecule has 4 aromatic carbocycles. The van der Waals surface area contributed by atoms with Crippen molar-refractivity contribution in [2.24, 2.45) is 0 Å². The van der Waals surface area contributed by atoms with E-state index in [9.17, 15) is 0 Å². The van der Waals surface area contributed by atoms with E-state index < -0.39 is 0 Å². The number of nitrogens with zero attached hydrogens (tertiary/aromatic N) is 7. The van der Waals surface area contributed by atoms with Crippen LogP contribution in [0.5, 0.6) is 0 Å². The van der Waals surface area contributed by atoms with Crippen LogP contribution in [0.4, 0.5) is 0 Å². The standard InChI is InChI=1S/C32H17N8.ClH.Cu/c1-2-10-18-17(9-1)25-33-26(18)38-28-21-13-5-6-14-22(21)30(35-28)40-32-24-16-8-7-15-23(24)31(36-32)39-29-20-12-4-3-11-19(20)27(34-29)37-25;;/h1-16H,(H-,33,34,35,36,37,38,39,40);1H;/q-1;;+2/p-1. The second kappa shape index (κ2) is 9.85. The molecule has 0 spiro atoms. The molecule has 8 bridgehead atoms. The number of fused-ring (bicyclic) bond motifs is 20. The first-order valence-corrected chi connectivity index (χ1v) is 14.3. The van der Waals surface area contributed by atoms with Crippen molar-refractivity contribution >= 4 is 54.2 Å². The van der Waals surface area contributed by atoms with Gasteiger partial charge < -0.3 is 19.9 Å². The van der Waals surface area contributed by atoms with E-state index in [-0.39, 0.29) is 0 Å². The van der Waals surface area contributed by atoms with Crippen molar-refractivity contribution in [2.75, 3.05) is 0 Å². The van der Waals surface area contributed by atoms with E-state index in [4.69, 9.17) is 34.9 Å². The zero-order valence-corrected chi connectivity index (χ0v) is 23.2. The largest absolute Gasteiger partial charge is 0.357 e. The maximum atomic E-state index is 5.00. The summed E-state index contributed by atoms with van der Waals surface area (Å²) in [6, 6.07) is 32.0. The molecule has 0 aliphatic carbocycles. The van der Waals surface area contributed by atoms with E-state index in [1.54, 1.807) is 0 Å². The van der Waals surface area contributed by atoms with Gasteiger partial charge >= 0.3 is 25.2 Å². The van der Waals surface area contributed by atoms with Gasteiger partial charge in [0.2, 0.25) is 0 Å². The van der Waals surface area contributed by atoms with Crippen molar-refractivity contribution in [3.63, 3.8) is 0 Å². The van der Waals surface area contributed by atoms with E-state index in [1.165, 1.54) is 0 Å². The van der Waals surface area contributed by atoms with Gasteiger partial charge in [0.25, 0.3) is 0 Å². The average molecular weight is 613 g/mol. The average Bonchev–Trinajstić information content (AvgIpc) is 3.78. The van der Waals surface area contributed by atoms with E-state index in [2.05, 4.69) is 30.2 Å². The first-order valence-electron chi connectivity index (χ1n) is 13.1. The summed E-state index contributed by atoms with van der Waals surface area (Å²) in [5, 5.41) is 3.70. The Morgan fingerprint density at radius 1 is 0.429 bits per heavy atom. The number of hydrogen-bond acceptors (Lipinski definition) is 6. The number of rotatable bonds is 0. The van der Waals surface area contributed by atoms with Gasteiger partial charge in [-0.2, -0.15) is 0 Å². The first kappa shape index (κ1) is 24.8. The second-order valence-corrected chi connectivity index (χ2v) is 9.73. The van der Waals surface area contributed by atoms with Crippen molar-refractivity contribution in [2.45, 2.75) is 0 Å². The van der Waals surface area contributed by atoms with E-state index in [1.807, 2.05) is 97.1 Å². The van der Waals surface area contributed by atoms with Crippen molar-refractivity contribution in [3.05, 3.63) is 97.1 Å². The Labute approximate surface area is 251 Å². The molecule has 0 atom stereocenters. The van der Waals surface area contributed by atoms with Crippen LogP contribution >= 0.6 is 10.1 Å². The van der Waals surface area contributed by atoms with E-state index in [0.29, 0.717) is 45.9 Å². The van der Waals surface area contributed by atoms with Gasteiger partial charge in [-0.3, -0.25) is 0 Å². The fraction of sp³-hybridized carbons (Fsp3) is 0. The fourth-order valence-corrected chi connectivity index (χ4v) is 5.52. The molecule has 5 heterocycles. The van der Waals surface area contributed by atoms with Crippen LogP contribution in [0, 0.1) is 0 Å². The molecule has 0 saturated carbocycles. The molecular formula is C32H17ClCuN8. The third-order valence-electron chi connectivity index (χ3n) is 7.40. The summed E-state index contributed by atoms with van der Waals surface area (Å²) >= 11 is 3.66. The molecule has 0 unspecified atom stereocenters. The van der Waals surface area contributed by atoms with Gasteiger partial charge in [-0.15, -0.1) is 0 Å². The van der Waals surface area contributed by atoms with E-state index in [0.717, 1.165) is 43.8 Å². The molecule has 9 rings (SSSR count). The Kier molecular flexibility index (Phi) is 5.82. The Hall–Kier alpha value is -4.95. The number of nitrogens with one attached hydrogen (secondary N) is 1. The number of halogens is 1. The number of benzene rings is 4. The van der Waals surface area contributed by atoms with Crippen LogP contribution in [0.1, 0.15) is 0 Å². The molecule has 8 nitrogen and oxygen atoms in total. The molecule has 0 saturated heterocycles. The monoisotopic (exact) mass is 611 g/mol. The summed E-state index contributed by atoms with van der Waals surface area (Å²) in [4.78, 5) is 38.0. The van der Waals surface area contributed by atoms with E-state index >= 15 is 0 Å². The topological polar surface area (TPSA) is 107 Å². The summed E-state index contributed by atoms with van der Waals surface area (Å²) in [6.07, 6.45) is 0. The Balaban J connectivity index is 0.00000131. The second-order valence-electron chi connectivity index (χ2n) is 9.73. The maximum absolute atomic E-state index is 5.00. The number of hydrogen-bond donors (Lipinski definition) is 1. The number of aromatic amines is 1. The maximum Gasteiger partial charge on any atom is 0.163 e. The summed E-state index contributed by atoms with van der Waals surface area (Å²) < 4.78 is 0. The fourth-order valence-electron chi connectivity index (χ4n) is 5.52. The van der Waals surface area contributed by atoms with Crippen LogP contribution in [0.2, 0.25) is 0 Å². The van der Waals surface area contributed by atoms with Gasteiger partial charge in [0.1, 0.15) is 11.3 Å². The van der Waals surface area contributed by atoms with Crippen LogP contribution in [-0.4, -0.2) is 34.9 Å². The summed E-state index contributed by atoms with van der Waals surface area (Å²) in [5.74, 6) is 2.30. The zero-order chi connectivity index (χ0) is 28.2. The van der Waals surface area contributed by atoms with Crippen molar-refractivity contribution in [1.29, 1.82) is 0 Å². The molecule has 0 radical (unpaired) electrons. The molecular weight excluding hydrogens is 595 g/mol. The van der Waals surface area contributed by atoms with Crippen molar-refractivity contribution in [1.82, 2.24) is 39.9 Å².